The molecule has 0 atom stereocenters. The van der Waals surface area contributed by atoms with E-state index in [-0.39, 0.29) is 5.84 Å². The first-order valence-corrected chi connectivity index (χ1v) is 9.43. The van der Waals surface area contributed by atoms with Crippen molar-refractivity contribution in [3.8, 4) is 11.3 Å². The van der Waals surface area contributed by atoms with Gasteiger partial charge in [-0.15, -0.1) is 10.2 Å². The lowest BCUT2D eigenvalue weighted by molar-refractivity contribution is -0.138. The summed E-state index contributed by atoms with van der Waals surface area (Å²) < 4.78 is 1.60. The Bertz CT molecular complexity index is 1090. The van der Waals surface area contributed by atoms with E-state index in [1.165, 1.54) is 6.20 Å². The molecule has 2 aromatic heterocycles. The van der Waals surface area contributed by atoms with Crippen LogP contribution in [0.5, 0.6) is 0 Å². The van der Waals surface area contributed by atoms with Crippen LogP contribution in [-0.2, 0) is 11.3 Å². The molecule has 0 bridgehead atoms. The normalized spacial score (nSPS) is 11.5. The zero-order chi connectivity index (χ0) is 21.8. The van der Waals surface area contributed by atoms with Crippen LogP contribution in [0.15, 0.2) is 41.9 Å². The molecule has 5 N–H and O–H groups in total. The second-order valence-corrected chi connectivity index (χ2v) is 7.31. The molecule has 1 aromatic carbocycles. The van der Waals surface area contributed by atoms with Crippen molar-refractivity contribution in [2.24, 2.45) is 16.7 Å². The zero-order valence-corrected chi connectivity index (χ0v) is 17.5. The largest absolute Gasteiger partial charge is 0.480 e. The van der Waals surface area contributed by atoms with E-state index in [0.29, 0.717) is 38.4 Å². The van der Waals surface area contributed by atoms with Gasteiger partial charge >= 0.3 is 5.97 Å². The van der Waals surface area contributed by atoms with Gasteiger partial charge in [0.05, 0.1) is 27.8 Å². The van der Waals surface area contributed by atoms with E-state index in [2.05, 4.69) is 20.4 Å². The minimum absolute atomic E-state index is 0.00550. The molecule has 30 heavy (non-hydrogen) atoms. The van der Waals surface area contributed by atoms with Crippen molar-refractivity contribution in [1.82, 2.24) is 25.1 Å². The van der Waals surface area contributed by atoms with Crippen LogP contribution in [0.1, 0.15) is 11.1 Å². The lowest BCUT2D eigenvalue weighted by atomic mass is 10.1. The Morgan fingerprint density at radius 2 is 1.90 bits per heavy atom. The predicted octanol–water partition coefficient (Wildman–Crippen LogP) is 2.23. The van der Waals surface area contributed by atoms with E-state index >= 15 is 0 Å². The first-order chi connectivity index (χ1) is 14.2. The minimum Gasteiger partial charge on any atom is -0.480 e. The summed E-state index contributed by atoms with van der Waals surface area (Å²) >= 11 is 18.1. The number of amidine groups is 1. The monoisotopic (exact) mass is 468 g/mol. The van der Waals surface area contributed by atoms with Crippen LogP contribution in [0.4, 0.5) is 0 Å². The number of hydrazone groups is 1. The first kappa shape index (κ1) is 21.8. The van der Waals surface area contributed by atoms with Crippen molar-refractivity contribution in [3.05, 3.63) is 63.0 Å². The molecule has 0 saturated heterocycles. The number of rotatable bonds is 7. The number of hydrogen-bond donors (Lipinski definition) is 3. The lowest BCUT2D eigenvalue weighted by Gasteiger charge is -2.10. The van der Waals surface area contributed by atoms with Gasteiger partial charge < -0.3 is 10.8 Å². The predicted molar refractivity (Wildman–Crippen MR) is 113 cm³/mol. The third-order valence-electron chi connectivity index (χ3n) is 3.79. The van der Waals surface area contributed by atoms with Gasteiger partial charge in [0, 0.05) is 23.5 Å². The maximum absolute atomic E-state index is 10.7. The fraction of sp³-hybridized carbons (Fsp3) is 0.118. The Morgan fingerprint density at radius 1 is 1.20 bits per heavy atom. The van der Waals surface area contributed by atoms with Crippen molar-refractivity contribution in [2.75, 3.05) is 6.54 Å². The quantitative estimate of drug-likeness (QED) is 0.157. The molecule has 156 valence electrons. The van der Waals surface area contributed by atoms with E-state index in [1.807, 2.05) is 0 Å². The van der Waals surface area contributed by atoms with Gasteiger partial charge in [0.1, 0.15) is 5.69 Å². The highest BCUT2D eigenvalue weighted by Gasteiger charge is 2.11. The first-order valence-electron chi connectivity index (χ1n) is 8.30. The summed E-state index contributed by atoms with van der Waals surface area (Å²) in [5.74, 6) is 4.35. The summed E-state index contributed by atoms with van der Waals surface area (Å²) in [6.45, 7) is -0.126. The fourth-order valence-electron chi connectivity index (χ4n) is 2.48. The highest BCUT2D eigenvalue weighted by atomic mass is 35.5. The van der Waals surface area contributed by atoms with E-state index in [9.17, 15) is 4.79 Å². The van der Waals surface area contributed by atoms with Crippen LogP contribution in [0.2, 0.25) is 15.1 Å². The maximum atomic E-state index is 10.7. The number of nitrogens with two attached hydrogens (primary N) is 2. The molecule has 0 radical (unpaired) electrons. The number of aliphatic carboxylic acids is 1. The average Bonchev–Trinajstić information content (AvgIpc) is 3.14. The molecule has 13 heteroatoms. The number of halogens is 3. The van der Waals surface area contributed by atoms with Gasteiger partial charge in [-0.25, -0.2) is 15.6 Å². The van der Waals surface area contributed by atoms with E-state index in [0.717, 1.165) is 10.7 Å². The number of carbonyl (C=O) groups is 1. The van der Waals surface area contributed by atoms with Gasteiger partial charge in [-0.3, -0.25) is 9.78 Å². The van der Waals surface area contributed by atoms with Gasteiger partial charge in [-0.05, 0) is 23.8 Å². The number of nitrogens with zero attached hydrogens (tertiary/aromatic N) is 6. The molecule has 3 aromatic rings. The molecule has 2 heterocycles. The van der Waals surface area contributed by atoms with Crippen molar-refractivity contribution in [2.45, 2.75) is 6.54 Å². The molecule has 0 aliphatic rings. The van der Waals surface area contributed by atoms with Crippen molar-refractivity contribution < 1.29 is 9.90 Å². The number of pyridine rings is 1. The number of carboxylic acid groups (broad SMARTS) is 1. The highest BCUT2D eigenvalue weighted by molar-refractivity contribution is 6.48. The van der Waals surface area contributed by atoms with Crippen LogP contribution in [0.25, 0.3) is 11.3 Å². The average molecular weight is 470 g/mol. The smallest absolute Gasteiger partial charge is 0.326 e. The number of aromatic nitrogens is 4. The summed E-state index contributed by atoms with van der Waals surface area (Å²) in [5, 5.41) is 22.5. The molecule has 0 spiro atoms. The maximum Gasteiger partial charge on any atom is 0.326 e. The van der Waals surface area contributed by atoms with Crippen LogP contribution in [-0.4, -0.2) is 48.6 Å². The summed E-state index contributed by atoms with van der Waals surface area (Å²) in [5.41, 5.74) is 8.30. The molecular formula is C17H15Cl3N8O2. The Morgan fingerprint density at radius 3 is 2.57 bits per heavy atom. The number of hydrazine groups is 1. The van der Waals surface area contributed by atoms with Crippen LogP contribution >= 0.6 is 34.8 Å². The van der Waals surface area contributed by atoms with Crippen LogP contribution in [0.3, 0.4) is 0 Å². The van der Waals surface area contributed by atoms with Crippen LogP contribution in [0, 0.1) is 0 Å². The third kappa shape index (κ3) is 5.36. The Balaban J connectivity index is 1.80. The topological polar surface area (TPSA) is 149 Å². The molecule has 0 fully saturated rings. The number of benzene rings is 1. The second kappa shape index (κ2) is 9.26. The molecule has 0 amide bonds. The van der Waals surface area contributed by atoms with E-state index < -0.39 is 12.5 Å². The molecule has 0 unspecified atom stereocenters. The summed E-state index contributed by atoms with van der Waals surface area (Å²) in [6, 6.07) is 5.09. The summed E-state index contributed by atoms with van der Waals surface area (Å²) in [6.07, 6.45) is 4.77. The standard InChI is InChI=1S/C17H15Cl3N8O2/c18-12-1-9(2-13(19)16(12)20)6-27-7-14(24-26-27)10-3-11(5-23-4-10)17(21)25-28(22)8-15(29)30/h1-5,7H,6,8,22H2,(H2,21,25)(H,29,30). The molecule has 0 aliphatic heterocycles. The van der Waals surface area contributed by atoms with Gasteiger partial charge in [0.15, 0.2) is 12.4 Å². The SMILES string of the molecule is N/C(=N\N(N)CC(=O)O)c1cncc(-c2cn(Cc3cc(Cl)c(Cl)c(Cl)c3)nn2)c1. The van der Waals surface area contributed by atoms with Gasteiger partial charge in [-0.1, -0.05) is 40.0 Å². The Hall–Kier alpha value is -2.92. The summed E-state index contributed by atoms with van der Waals surface area (Å²) in [7, 11) is 0. The molecular weight excluding hydrogens is 455 g/mol. The zero-order valence-electron chi connectivity index (χ0n) is 15.2. The third-order valence-corrected chi connectivity index (χ3v) is 4.99. The Kier molecular flexibility index (Phi) is 6.73. The van der Waals surface area contributed by atoms with E-state index in [1.54, 1.807) is 35.3 Å². The van der Waals surface area contributed by atoms with Crippen molar-refractivity contribution in [1.29, 1.82) is 0 Å². The van der Waals surface area contributed by atoms with Gasteiger partial charge in [0.25, 0.3) is 0 Å². The fourth-order valence-corrected chi connectivity index (χ4v) is 3.13. The van der Waals surface area contributed by atoms with Crippen LogP contribution < -0.4 is 11.6 Å². The van der Waals surface area contributed by atoms with Gasteiger partial charge in [-0.2, -0.15) is 0 Å². The summed E-state index contributed by atoms with van der Waals surface area (Å²) in [4.78, 5) is 14.8. The lowest BCUT2D eigenvalue weighted by Crippen LogP contribution is -2.34. The van der Waals surface area contributed by atoms with Gasteiger partial charge in [0.2, 0.25) is 0 Å². The molecule has 10 nitrogen and oxygen atoms in total. The Labute approximate surface area is 185 Å². The molecule has 0 aliphatic carbocycles. The van der Waals surface area contributed by atoms with E-state index in [4.69, 9.17) is 51.5 Å². The molecule has 3 rings (SSSR count). The number of carboxylic acids is 1. The second-order valence-electron chi connectivity index (χ2n) is 6.11. The minimum atomic E-state index is -1.14. The van der Waals surface area contributed by atoms with Crippen molar-refractivity contribution >= 4 is 46.6 Å². The number of hydrogen-bond acceptors (Lipinski definition) is 7. The highest BCUT2D eigenvalue weighted by Crippen LogP contribution is 2.31. The van der Waals surface area contributed by atoms with Crippen molar-refractivity contribution in [3.63, 3.8) is 0 Å². The molecule has 0 saturated carbocycles.